The quantitative estimate of drug-likeness (QED) is 0.237. The van der Waals surface area contributed by atoms with Gasteiger partial charge in [0.05, 0.1) is 36.1 Å². The molecule has 6 rings (SSSR count). The zero-order chi connectivity index (χ0) is 28.3. The van der Waals surface area contributed by atoms with Gasteiger partial charge in [0.25, 0.3) is 0 Å². The topological polar surface area (TPSA) is 126 Å². The van der Waals surface area contributed by atoms with Gasteiger partial charge in [0.1, 0.15) is 11.5 Å². The van der Waals surface area contributed by atoms with Crippen LogP contribution in [0.1, 0.15) is 36.7 Å². The van der Waals surface area contributed by atoms with E-state index in [1.54, 1.807) is 41.3 Å². The zero-order valence-corrected chi connectivity index (χ0v) is 23.9. The third-order valence-electron chi connectivity index (χ3n) is 7.17. The number of carbonyl (C=O) groups excluding carboxylic acids is 1. The number of aliphatic hydroxyl groups is 1. The summed E-state index contributed by atoms with van der Waals surface area (Å²) in [5.41, 5.74) is 5.64. The maximum Gasteiger partial charge on any atom is 0.246 e. The van der Waals surface area contributed by atoms with Crippen LogP contribution in [0.5, 0.6) is 0 Å². The van der Waals surface area contributed by atoms with Crippen molar-refractivity contribution >= 4 is 39.6 Å². The maximum atomic E-state index is 12.6. The van der Waals surface area contributed by atoms with Gasteiger partial charge in [-0.2, -0.15) is 9.47 Å². The highest BCUT2D eigenvalue weighted by Crippen LogP contribution is 2.28. The van der Waals surface area contributed by atoms with Gasteiger partial charge in [-0.25, -0.2) is 9.97 Å². The van der Waals surface area contributed by atoms with E-state index in [0.717, 1.165) is 58.8 Å². The summed E-state index contributed by atoms with van der Waals surface area (Å²) in [7, 11) is 0. The van der Waals surface area contributed by atoms with E-state index >= 15 is 0 Å². The number of amides is 1. The predicted molar refractivity (Wildman–Crippen MR) is 159 cm³/mol. The fourth-order valence-corrected chi connectivity index (χ4v) is 5.96. The number of benzene rings is 1. The molecule has 3 N–H and O–H groups in total. The fraction of sp³-hybridized carbons (Fsp3) is 0.345. The highest BCUT2D eigenvalue weighted by molar-refractivity contribution is 7.10. The van der Waals surface area contributed by atoms with Crippen LogP contribution in [0.3, 0.4) is 0 Å². The van der Waals surface area contributed by atoms with Gasteiger partial charge in [0.2, 0.25) is 5.91 Å². The molecular formula is C29H33N9O2S. The molecule has 1 fully saturated rings. The van der Waals surface area contributed by atoms with Gasteiger partial charge >= 0.3 is 0 Å². The summed E-state index contributed by atoms with van der Waals surface area (Å²) in [6.07, 6.45) is 9.83. The number of piperidine rings is 1. The Morgan fingerprint density at radius 3 is 2.98 bits per heavy atom. The van der Waals surface area contributed by atoms with E-state index < -0.39 is 0 Å². The number of aliphatic hydroxyl groups excluding tert-OH is 1. The molecule has 0 saturated carbocycles. The minimum absolute atomic E-state index is 0.0531. The summed E-state index contributed by atoms with van der Waals surface area (Å²) < 4.78 is 8.26. The van der Waals surface area contributed by atoms with Crippen molar-refractivity contribution in [1.82, 2.24) is 33.4 Å². The van der Waals surface area contributed by atoms with Gasteiger partial charge in [-0.05, 0) is 67.5 Å². The Labute approximate surface area is 242 Å². The van der Waals surface area contributed by atoms with Crippen molar-refractivity contribution in [2.24, 2.45) is 5.92 Å². The smallest absolute Gasteiger partial charge is 0.246 e. The second-order valence-corrected chi connectivity index (χ2v) is 11.5. The minimum atomic E-state index is -0.210. The molecular weight excluding hydrogens is 538 g/mol. The minimum Gasteiger partial charge on any atom is -0.392 e. The third-order valence-corrected chi connectivity index (χ3v) is 7.91. The second kappa shape index (κ2) is 11.8. The van der Waals surface area contributed by atoms with Crippen LogP contribution in [-0.2, 0) is 24.5 Å². The Kier molecular flexibility index (Phi) is 7.77. The first-order valence-corrected chi connectivity index (χ1v) is 14.5. The van der Waals surface area contributed by atoms with E-state index in [1.807, 2.05) is 23.7 Å². The second-order valence-electron chi connectivity index (χ2n) is 10.7. The molecule has 212 valence electrons. The van der Waals surface area contributed by atoms with Crippen LogP contribution >= 0.6 is 11.5 Å². The van der Waals surface area contributed by atoms with E-state index in [4.69, 9.17) is 4.98 Å². The number of fused-ring (bicyclic) bond motifs is 1. The fourth-order valence-electron chi connectivity index (χ4n) is 5.30. The van der Waals surface area contributed by atoms with E-state index in [1.165, 1.54) is 24.4 Å². The number of likely N-dealkylation sites (tertiary alicyclic amines) is 1. The number of nitrogens with one attached hydrogen (secondary N) is 2. The summed E-state index contributed by atoms with van der Waals surface area (Å²) >= 11 is 1.43. The molecule has 11 nitrogen and oxygen atoms in total. The first-order valence-electron chi connectivity index (χ1n) is 13.8. The summed E-state index contributed by atoms with van der Waals surface area (Å²) in [6, 6.07) is 9.23. The molecule has 0 bridgehead atoms. The Morgan fingerprint density at radius 1 is 1.22 bits per heavy atom. The number of rotatable bonds is 9. The van der Waals surface area contributed by atoms with Crippen LogP contribution in [0.4, 0.5) is 16.5 Å². The summed E-state index contributed by atoms with van der Waals surface area (Å²) in [6.45, 7) is 7.35. The number of imidazole rings is 1. The van der Waals surface area contributed by atoms with E-state index in [0.29, 0.717) is 17.2 Å². The van der Waals surface area contributed by atoms with Gasteiger partial charge in [-0.15, -0.1) is 0 Å². The predicted octanol–water partition coefficient (Wildman–Crippen LogP) is 4.46. The molecule has 12 heteroatoms. The van der Waals surface area contributed by atoms with Crippen molar-refractivity contribution in [3.05, 3.63) is 72.1 Å². The molecule has 0 aliphatic carbocycles. The average Bonchev–Trinajstić information content (AvgIpc) is 3.69. The van der Waals surface area contributed by atoms with Crippen molar-refractivity contribution in [1.29, 1.82) is 0 Å². The SMILES string of the molecule is Cc1cn2c(-c3cnn(CC(=O)Nc4cccc(CO)c4)c3)cnc2c(Nc2cc(CN3CCCC(C)C3)ns2)n1. The first-order chi connectivity index (χ1) is 19.9. The highest BCUT2D eigenvalue weighted by Gasteiger charge is 2.19. The largest absolute Gasteiger partial charge is 0.392 e. The lowest BCUT2D eigenvalue weighted by Crippen LogP contribution is -2.33. The van der Waals surface area contributed by atoms with Crippen molar-refractivity contribution in [2.75, 3.05) is 23.7 Å². The molecule has 0 radical (unpaired) electrons. The van der Waals surface area contributed by atoms with E-state index in [9.17, 15) is 9.90 Å². The lowest BCUT2D eigenvalue weighted by Gasteiger charge is -2.30. The van der Waals surface area contributed by atoms with Gasteiger partial charge in [-0.1, -0.05) is 19.1 Å². The summed E-state index contributed by atoms with van der Waals surface area (Å²) in [5.74, 6) is 1.19. The molecule has 1 unspecified atom stereocenters. The Bertz CT molecular complexity index is 1670. The molecule has 0 spiro atoms. The Balaban J connectivity index is 1.16. The van der Waals surface area contributed by atoms with Gasteiger partial charge in [-0.3, -0.25) is 18.8 Å². The number of nitrogens with zero attached hydrogens (tertiary/aromatic N) is 7. The molecule has 1 aliphatic heterocycles. The standard InChI is InChI=1S/C29H33N9O2S/c1-19-5-4-8-36(13-19)16-24-10-27(41-35-24)34-28-29-30-12-25(38(29)14-20(2)32-28)22-11-31-37(15-22)17-26(40)33-23-7-3-6-21(9-23)18-39/h3,6-7,9-12,14-15,19,39H,4-5,8,13,16-18H2,1-2H3,(H,32,34)(H,33,40). The molecule has 5 heterocycles. The van der Waals surface area contributed by atoms with Crippen molar-refractivity contribution in [3.63, 3.8) is 0 Å². The lowest BCUT2D eigenvalue weighted by atomic mass is 10.0. The molecule has 1 amide bonds. The average molecular weight is 572 g/mol. The maximum absolute atomic E-state index is 12.6. The first kappa shape index (κ1) is 27.1. The number of aromatic nitrogens is 6. The Morgan fingerprint density at radius 2 is 2.12 bits per heavy atom. The van der Waals surface area contributed by atoms with Crippen LogP contribution in [0.15, 0.2) is 55.1 Å². The summed E-state index contributed by atoms with van der Waals surface area (Å²) in [4.78, 5) is 24.5. The number of anilines is 3. The van der Waals surface area contributed by atoms with Gasteiger partial charge < -0.3 is 15.7 Å². The highest BCUT2D eigenvalue weighted by atomic mass is 32.1. The third kappa shape index (κ3) is 6.29. The Hall–Kier alpha value is -4.13. The summed E-state index contributed by atoms with van der Waals surface area (Å²) in [5, 5.41) is 20.9. The molecule has 1 aliphatic rings. The van der Waals surface area contributed by atoms with Crippen LogP contribution in [0.2, 0.25) is 0 Å². The number of hydrogen-bond donors (Lipinski definition) is 3. The van der Waals surface area contributed by atoms with E-state index in [2.05, 4.69) is 43.0 Å². The monoisotopic (exact) mass is 571 g/mol. The molecule has 5 aromatic rings. The van der Waals surface area contributed by atoms with Crippen LogP contribution in [0.25, 0.3) is 16.9 Å². The van der Waals surface area contributed by atoms with Crippen LogP contribution < -0.4 is 10.6 Å². The molecule has 41 heavy (non-hydrogen) atoms. The number of aryl methyl sites for hydroxylation is 1. The molecule has 4 aromatic heterocycles. The van der Waals surface area contributed by atoms with Gasteiger partial charge in [0, 0.05) is 36.7 Å². The van der Waals surface area contributed by atoms with Crippen molar-refractivity contribution in [3.8, 4) is 11.3 Å². The van der Waals surface area contributed by atoms with Crippen molar-refractivity contribution < 1.29 is 9.90 Å². The van der Waals surface area contributed by atoms with Crippen LogP contribution in [-0.4, -0.2) is 57.5 Å². The zero-order valence-electron chi connectivity index (χ0n) is 23.1. The number of hydrogen-bond acceptors (Lipinski definition) is 9. The normalized spacial score (nSPS) is 15.8. The molecule has 1 atom stereocenters. The number of carbonyl (C=O) groups is 1. The molecule has 1 aromatic carbocycles. The van der Waals surface area contributed by atoms with Crippen molar-refractivity contribution in [2.45, 2.75) is 46.4 Å². The van der Waals surface area contributed by atoms with Gasteiger partial charge in [0.15, 0.2) is 11.5 Å². The molecule has 1 saturated heterocycles. The lowest BCUT2D eigenvalue weighted by molar-refractivity contribution is -0.116. The van der Waals surface area contributed by atoms with E-state index in [-0.39, 0.29) is 19.1 Å². The van der Waals surface area contributed by atoms with Crippen LogP contribution in [0, 0.1) is 12.8 Å².